The number of aromatic amines is 1. The number of hydrogen-bond acceptors (Lipinski definition) is 4. The average molecular weight is 311 g/mol. The second-order valence-electron chi connectivity index (χ2n) is 3.98. The summed E-state index contributed by atoms with van der Waals surface area (Å²) in [6, 6.07) is 2.25. The van der Waals surface area contributed by atoms with E-state index in [0.717, 1.165) is 29.5 Å². The lowest BCUT2D eigenvalue weighted by Gasteiger charge is -2.09. The van der Waals surface area contributed by atoms with Crippen LogP contribution in [-0.4, -0.2) is 22.1 Å². The number of urea groups is 1. The van der Waals surface area contributed by atoms with Gasteiger partial charge in [-0.1, -0.05) is 11.3 Å². The van der Waals surface area contributed by atoms with E-state index in [2.05, 4.69) is 15.6 Å². The lowest BCUT2D eigenvalue weighted by molar-refractivity contribution is 0.0698. The maximum Gasteiger partial charge on any atom is 0.337 e. The first-order valence-electron chi connectivity index (χ1n) is 5.70. The molecule has 0 radical (unpaired) electrons. The Kier molecular flexibility index (Phi) is 4.33. The molecule has 2 aromatic rings. The van der Waals surface area contributed by atoms with Gasteiger partial charge in [0.1, 0.15) is 5.82 Å². The number of carbonyl (C=O) groups excluding carboxylic acids is 1. The van der Waals surface area contributed by atoms with Crippen molar-refractivity contribution in [3.05, 3.63) is 50.3 Å². The number of nitrogens with one attached hydrogen (secondary N) is 3. The van der Waals surface area contributed by atoms with Gasteiger partial charge in [-0.15, -0.1) is 0 Å². The lowest BCUT2D eigenvalue weighted by Crippen LogP contribution is -2.29. The molecule has 0 saturated carbocycles. The Balaban J connectivity index is 2.03. The normalized spacial score (nSPS) is 10.1. The monoisotopic (exact) mass is 311 g/mol. The van der Waals surface area contributed by atoms with E-state index in [-0.39, 0.29) is 22.7 Å². The minimum absolute atomic E-state index is 0.0578. The SMILES string of the molecule is O=C(NCc1csc(=O)[nH]1)Nc1cc(F)ccc1C(=O)O. The molecule has 1 aromatic carbocycles. The maximum absolute atomic E-state index is 13.1. The van der Waals surface area contributed by atoms with Crippen LogP contribution in [0.5, 0.6) is 0 Å². The molecule has 9 heteroatoms. The largest absolute Gasteiger partial charge is 0.478 e. The summed E-state index contributed by atoms with van der Waals surface area (Å²) in [5.74, 6) is -1.95. The third-order valence-electron chi connectivity index (χ3n) is 2.47. The highest BCUT2D eigenvalue weighted by atomic mass is 32.1. The van der Waals surface area contributed by atoms with Crippen LogP contribution in [0.4, 0.5) is 14.9 Å². The Morgan fingerprint density at radius 1 is 1.38 bits per heavy atom. The predicted molar refractivity (Wildman–Crippen MR) is 74.2 cm³/mol. The third kappa shape index (κ3) is 3.89. The first kappa shape index (κ1) is 14.7. The van der Waals surface area contributed by atoms with E-state index >= 15 is 0 Å². The molecule has 0 aliphatic rings. The molecule has 2 amide bonds. The smallest absolute Gasteiger partial charge is 0.337 e. The second kappa shape index (κ2) is 6.18. The highest BCUT2D eigenvalue weighted by Crippen LogP contribution is 2.17. The van der Waals surface area contributed by atoms with Crippen LogP contribution in [0.15, 0.2) is 28.4 Å². The Morgan fingerprint density at radius 3 is 2.76 bits per heavy atom. The van der Waals surface area contributed by atoms with Crippen molar-refractivity contribution >= 4 is 29.0 Å². The number of carbonyl (C=O) groups is 2. The molecule has 0 aliphatic carbocycles. The van der Waals surface area contributed by atoms with Crippen LogP contribution in [0.1, 0.15) is 16.1 Å². The summed E-state index contributed by atoms with van der Waals surface area (Å²) in [4.78, 5) is 35.8. The molecule has 0 fully saturated rings. The predicted octanol–water partition coefficient (Wildman–Crippen LogP) is 1.60. The molecule has 1 aromatic heterocycles. The molecule has 0 aliphatic heterocycles. The lowest BCUT2D eigenvalue weighted by atomic mass is 10.2. The van der Waals surface area contributed by atoms with Crippen LogP contribution < -0.4 is 15.5 Å². The highest BCUT2D eigenvalue weighted by Gasteiger charge is 2.13. The van der Waals surface area contributed by atoms with Crippen LogP contribution >= 0.6 is 11.3 Å². The van der Waals surface area contributed by atoms with Crippen molar-refractivity contribution in [1.82, 2.24) is 10.3 Å². The third-order valence-corrected chi connectivity index (χ3v) is 3.19. The highest BCUT2D eigenvalue weighted by molar-refractivity contribution is 7.07. The Bertz CT molecular complexity index is 740. The molecule has 21 heavy (non-hydrogen) atoms. The fourth-order valence-corrected chi connectivity index (χ4v) is 2.13. The topological polar surface area (TPSA) is 111 Å². The number of hydrogen-bond donors (Lipinski definition) is 4. The molecule has 0 bridgehead atoms. The van der Waals surface area contributed by atoms with E-state index in [1.165, 1.54) is 0 Å². The molecule has 0 atom stereocenters. The summed E-state index contributed by atoms with van der Waals surface area (Å²) >= 11 is 0.958. The number of H-pyrrole nitrogens is 1. The van der Waals surface area contributed by atoms with Crippen molar-refractivity contribution in [1.29, 1.82) is 0 Å². The van der Waals surface area contributed by atoms with Gasteiger partial charge in [-0.2, -0.15) is 0 Å². The summed E-state index contributed by atoms with van der Waals surface area (Å²) < 4.78 is 13.1. The number of anilines is 1. The number of aromatic nitrogens is 1. The van der Waals surface area contributed by atoms with Crippen LogP contribution in [0.3, 0.4) is 0 Å². The van der Waals surface area contributed by atoms with Crippen molar-refractivity contribution < 1.29 is 19.1 Å². The molecule has 7 nitrogen and oxygen atoms in total. The molecule has 4 N–H and O–H groups in total. The zero-order chi connectivity index (χ0) is 15.4. The number of halogens is 1. The van der Waals surface area contributed by atoms with Gasteiger partial charge in [0.25, 0.3) is 0 Å². The molecule has 0 unspecified atom stereocenters. The van der Waals surface area contributed by atoms with Gasteiger partial charge in [-0.3, -0.25) is 4.79 Å². The molecule has 2 rings (SSSR count). The van der Waals surface area contributed by atoms with E-state index in [9.17, 15) is 18.8 Å². The minimum Gasteiger partial charge on any atom is -0.478 e. The molecule has 110 valence electrons. The standard InChI is InChI=1S/C12H10FN3O4S/c13-6-1-2-8(10(17)18)9(3-6)16-11(19)14-4-7-5-21-12(20)15-7/h1-3,5H,4H2,(H,15,20)(H,17,18)(H2,14,16,19). The first-order valence-corrected chi connectivity index (χ1v) is 6.58. The molecule has 0 spiro atoms. The number of carboxylic acids is 1. The first-order chi connectivity index (χ1) is 9.95. The van der Waals surface area contributed by atoms with Crippen molar-refractivity contribution in [2.45, 2.75) is 6.54 Å². The second-order valence-corrected chi connectivity index (χ2v) is 4.82. The fourth-order valence-electron chi connectivity index (χ4n) is 1.55. The van der Waals surface area contributed by atoms with E-state index in [0.29, 0.717) is 5.69 Å². The molecular weight excluding hydrogens is 301 g/mol. The molecule has 0 saturated heterocycles. The Labute approximate surface area is 121 Å². The van der Waals surface area contributed by atoms with E-state index in [1.54, 1.807) is 5.38 Å². The van der Waals surface area contributed by atoms with Gasteiger partial charge in [-0.05, 0) is 18.2 Å². The number of benzene rings is 1. The number of aromatic carboxylic acids is 1. The van der Waals surface area contributed by atoms with Crippen LogP contribution in [0.25, 0.3) is 0 Å². The van der Waals surface area contributed by atoms with Gasteiger partial charge in [0, 0.05) is 11.1 Å². The van der Waals surface area contributed by atoms with Gasteiger partial charge in [0.2, 0.25) is 0 Å². The number of thiazole rings is 1. The quantitative estimate of drug-likeness (QED) is 0.687. The van der Waals surface area contributed by atoms with Crippen molar-refractivity contribution in [2.75, 3.05) is 5.32 Å². The van der Waals surface area contributed by atoms with Crippen LogP contribution in [-0.2, 0) is 6.54 Å². The zero-order valence-electron chi connectivity index (χ0n) is 10.5. The van der Waals surface area contributed by atoms with Crippen molar-refractivity contribution in [2.24, 2.45) is 0 Å². The zero-order valence-corrected chi connectivity index (χ0v) is 11.3. The summed E-state index contributed by atoms with van der Waals surface area (Å²) in [5.41, 5.74) is 0.132. The summed E-state index contributed by atoms with van der Waals surface area (Å²) in [5, 5.41) is 15.2. The average Bonchev–Trinajstić information content (AvgIpc) is 2.82. The minimum atomic E-state index is -1.28. The number of amides is 2. The number of rotatable bonds is 4. The van der Waals surface area contributed by atoms with Gasteiger partial charge >= 0.3 is 16.9 Å². The maximum atomic E-state index is 13.1. The van der Waals surface area contributed by atoms with Gasteiger partial charge in [-0.25, -0.2) is 14.0 Å². The van der Waals surface area contributed by atoms with E-state index in [4.69, 9.17) is 5.11 Å². The Hall–Kier alpha value is -2.68. The van der Waals surface area contributed by atoms with Crippen molar-refractivity contribution in [3.8, 4) is 0 Å². The van der Waals surface area contributed by atoms with Crippen molar-refractivity contribution in [3.63, 3.8) is 0 Å². The van der Waals surface area contributed by atoms with E-state index in [1.807, 2.05) is 0 Å². The van der Waals surface area contributed by atoms with Gasteiger partial charge in [0.05, 0.1) is 17.8 Å². The molecular formula is C12H10FN3O4S. The summed E-state index contributed by atoms with van der Waals surface area (Å²) in [6.45, 7) is 0.0578. The van der Waals surface area contributed by atoms with Crippen LogP contribution in [0, 0.1) is 5.82 Å². The summed E-state index contributed by atoms with van der Waals surface area (Å²) in [6.07, 6.45) is 0. The number of carboxylic acid groups (broad SMARTS) is 1. The Morgan fingerprint density at radius 2 is 2.14 bits per heavy atom. The van der Waals surface area contributed by atoms with Gasteiger partial charge in [0.15, 0.2) is 0 Å². The molecule has 1 heterocycles. The van der Waals surface area contributed by atoms with E-state index < -0.39 is 17.8 Å². The fraction of sp³-hybridized carbons (Fsp3) is 0.0833. The van der Waals surface area contributed by atoms with Crippen LogP contribution in [0.2, 0.25) is 0 Å². The van der Waals surface area contributed by atoms with Gasteiger partial charge < -0.3 is 20.7 Å². The summed E-state index contributed by atoms with van der Waals surface area (Å²) in [7, 11) is 0.